The molecule has 1 aromatic rings. The molecule has 0 spiro atoms. The van der Waals surface area contributed by atoms with Gasteiger partial charge in [0.1, 0.15) is 0 Å². The molecular weight excluding hydrogens is 356 g/mol. The molecule has 2 amide bonds. The topological polar surface area (TPSA) is 92.2 Å². The Morgan fingerprint density at radius 1 is 1.23 bits per heavy atom. The molecule has 2 rings (SSSR count). The first kappa shape index (κ1) is 22.4. The molecule has 2 N–H and O–H groups in total. The molecule has 1 saturated heterocycles. The number of nitrogens with one attached hydrogen (secondary N) is 2. The number of hydrogen-bond acceptors (Lipinski definition) is 5. The Hall–Kier alpha value is -1.67. The van der Waals surface area contributed by atoms with E-state index in [1.54, 1.807) is 16.6 Å². The third-order valence-electron chi connectivity index (χ3n) is 4.65. The van der Waals surface area contributed by atoms with Gasteiger partial charge in [-0.1, -0.05) is 0 Å². The standard InChI is InChI=1S/C17H30N6O2.ClH/c1-4-23(5-2)15(25)8-6-7-14(24)19-17-20-16(21-22(17)3)13-9-11-18-12-10-13;/h13,18H,4-12H2,1-3H3,(H,19,20,21,24);1H. The summed E-state index contributed by atoms with van der Waals surface area (Å²) >= 11 is 0. The van der Waals surface area contributed by atoms with Crippen LogP contribution in [0.25, 0.3) is 0 Å². The van der Waals surface area contributed by atoms with Crippen LogP contribution in [0.3, 0.4) is 0 Å². The molecule has 0 atom stereocenters. The summed E-state index contributed by atoms with van der Waals surface area (Å²) < 4.78 is 1.62. The van der Waals surface area contributed by atoms with Crippen LogP contribution in [0.1, 0.15) is 57.7 Å². The van der Waals surface area contributed by atoms with Crippen molar-refractivity contribution in [3.63, 3.8) is 0 Å². The summed E-state index contributed by atoms with van der Waals surface area (Å²) in [5, 5.41) is 10.6. The van der Waals surface area contributed by atoms with Gasteiger partial charge in [-0.15, -0.1) is 12.4 Å². The highest BCUT2D eigenvalue weighted by Gasteiger charge is 2.21. The minimum Gasteiger partial charge on any atom is -0.343 e. The van der Waals surface area contributed by atoms with Gasteiger partial charge in [-0.3, -0.25) is 14.9 Å². The Bertz CT molecular complexity index is 582. The van der Waals surface area contributed by atoms with Crippen molar-refractivity contribution in [3.05, 3.63) is 5.82 Å². The van der Waals surface area contributed by atoms with Gasteiger partial charge in [-0.05, 0) is 46.2 Å². The number of carbonyl (C=O) groups excluding carboxylic acids is 2. The summed E-state index contributed by atoms with van der Waals surface area (Å²) in [7, 11) is 1.79. The minimum atomic E-state index is -0.125. The molecule has 8 nitrogen and oxygen atoms in total. The number of piperidine rings is 1. The van der Waals surface area contributed by atoms with Crippen LogP contribution in [0.2, 0.25) is 0 Å². The van der Waals surface area contributed by atoms with Gasteiger partial charge in [-0.2, -0.15) is 10.1 Å². The van der Waals surface area contributed by atoms with Crippen molar-refractivity contribution in [2.75, 3.05) is 31.5 Å². The lowest BCUT2D eigenvalue weighted by Crippen LogP contribution is -2.30. The first-order valence-corrected chi connectivity index (χ1v) is 9.24. The fourth-order valence-corrected chi connectivity index (χ4v) is 3.09. The zero-order chi connectivity index (χ0) is 18.2. The summed E-state index contributed by atoms with van der Waals surface area (Å²) in [4.78, 5) is 30.3. The number of halogens is 1. The molecule has 0 saturated carbocycles. The fraction of sp³-hybridized carbons (Fsp3) is 0.765. The number of aryl methyl sites for hydroxylation is 1. The van der Waals surface area contributed by atoms with Gasteiger partial charge in [0, 0.05) is 38.9 Å². The Balaban J connectivity index is 0.00000338. The number of hydrogen-bond donors (Lipinski definition) is 2. The summed E-state index contributed by atoms with van der Waals surface area (Å²) in [6.07, 6.45) is 3.28. The third kappa shape index (κ3) is 6.25. The van der Waals surface area contributed by atoms with Gasteiger partial charge in [0.25, 0.3) is 0 Å². The van der Waals surface area contributed by atoms with Crippen molar-refractivity contribution < 1.29 is 9.59 Å². The molecule has 1 aromatic heterocycles. The van der Waals surface area contributed by atoms with Crippen molar-refractivity contribution in [3.8, 4) is 0 Å². The van der Waals surface area contributed by atoms with Crippen LogP contribution in [0.5, 0.6) is 0 Å². The second kappa shape index (κ2) is 11.1. The summed E-state index contributed by atoms with van der Waals surface area (Å²) in [5.41, 5.74) is 0. The van der Waals surface area contributed by atoms with E-state index in [9.17, 15) is 9.59 Å². The van der Waals surface area contributed by atoms with Crippen molar-refractivity contribution in [2.24, 2.45) is 7.05 Å². The number of nitrogens with zero attached hydrogens (tertiary/aromatic N) is 4. The molecule has 148 valence electrons. The first-order valence-electron chi connectivity index (χ1n) is 9.24. The van der Waals surface area contributed by atoms with Gasteiger partial charge in [0.2, 0.25) is 17.8 Å². The van der Waals surface area contributed by atoms with Crippen molar-refractivity contribution >= 4 is 30.2 Å². The van der Waals surface area contributed by atoms with E-state index in [0.717, 1.165) is 31.8 Å². The number of aromatic nitrogens is 3. The van der Waals surface area contributed by atoms with E-state index >= 15 is 0 Å². The van der Waals surface area contributed by atoms with Gasteiger partial charge in [0.05, 0.1) is 0 Å². The highest BCUT2D eigenvalue weighted by atomic mass is 35.5. The summed E-state index contributed by atoms with van der Waals surface area (Å²) in [5.74, 6) is 1.61. The van der Waals surface area contributed by atoms with Crippen LogP contribution in [0.4, 0.5) is 5.95 Å². The molecule has 26 heavy (non-hydrogen) atoms. The smallest absolute Gasteiger partial charge is 0.227 e. The average molecular weight is 387 g/mol. The Kier molecular flexibility index (Phi) is 9.58. The maximum Gasteiger partial charge on any atom is 0.227 e. The van der Waals surface area contributed by atoms with Crippen LogP contribution in [-0.2, 0) is 16.6 Å². The minimum absolute atomic E-state index is 0. The number of rotatable bonds is 8. The zero-order valence-corrected chi connectivity index (χ0v) is 16.8. The van der Waals surface area contributed by atoms with Crippen LogP contribution >= 0.6 is 12.4 Å². The third-order valence-corrected chi connectivity index (χ3v) is 4.65. The molecule has 0 aliphatic carbocycles. The average Bonchev–Trinajstić information content (AvgIpc) is 2.97. The predicted octanol–water partition coefficient (Wildman–Crippen LogP) is 1.68. The predicted molar refractivity (Wildman–Crippen MR) is 104 cm³/mol. The van der Waals surface area contributed by atoms with Crippen LogP contribution in [0, 0.1) is 0 Å². The monoisotopic (exact) mass is 386 g/mol. The molecular formula is C17H31ClN6O2. The SMILES string of the molecule is CCN(CC)C(=O)CCCC(=O)Nc1nc(C2CCNCC2)nn1C.Cl. The number of anilines is 1. The maximum absolute atomic E-state index is 12.1. The van der Waals surface area contributed by atoms with E-state index in [-0.39, 0.29) is 24.2 Å². The largest absolute Gasteiger partial charge is 0.343 e. The van der Waals surface area contributed by atoms with Gasteiger partial charge in [-0.25, -0.2) is 4.68 Å². The highest BCUT2D eigenvalue weighted by molar-refractivity contribution is 5.89. The lowest BCUT2D eigenvalue weighted by Gasteiger charge is -2.19. The molecule has 0 bridgehead atoms. The Labute approximate surface area is 161 Å². The Morgan fingerprint density at radius 2 is 1.88 bits per heavy atom. The quantitative estimate of drug-likeness (QED) is 0.709. The molecule has 0 radical (unpaired) electrons. The van der Waals surface area contributed by atoms with Gasteiger partial charge >= 0.3 is 0 Å². The van der Waals surface area contributed by atoms with E-state index in [4.69, 9.17) is 0 Å². The number of amides is 2. The van der Waals surface area contributed by atoms with E-state index < -0.39 is 0 Å². The van der Waals surface area contributed by atoms with Crippen LogP contribution in [0.15, 0.2) is 0 Å². The van der Waals surface area contributed by atoms with Crippen molar-refractivity contribution in [1.29, 1.82) is 0 Å². The molecule has 9 heteroatoms. The fourth-order valence-electron chi connectivity index (χ4n) is 3.09. The second-order valence-electron chi connectivity index (χ2n) is 6.41. The van der Waals surface area contributed by atoms with E-state index in [0.29, 0.717) is 44.2 Å². The lowest BCUT2D eigenvalue weighted by molar-refractivity contribution is -0.130. The molecule has 1 aliphatic heterocycles. The molecule has 1 aliphatic rings. The molecule has 1 fully saturated rings. The summed E-state index contributed by atoms with van der Waals surface area (Å²) in [6, 6.07) is 0. The van der Waals surface area contributed by atoms with E-state index in [1.807, 2.05) is 13.8 Å². The van der Waals surface area contributed by atoms with E-state index in [2.05, 4.69) is 20.7 Å². The zero-order valence-electron chi connectivity index (χ0n) is 16.0. The van der Waals surface area contributed by atoms with Gasteiger partial charge < -0.3 is 10.2 Å². The number of carbonyl (C=O) groups is 2. The van der Waals surface area contributed by atoms with Gasteiger partial charge in [0.15, 0.2) is 5.82 Å². The van der Waals surface area contributed by atoms with E-state index in [1.165, 1.54) is 0 Å². The molecule has 0 unspecified atom stereocenters. The van der Waals surface area contributed by atoms with Crippen molar-refractivity contribution in [2.45, 2.75) is 51.9 Å². The maximum atomic E-state index is 12.1. The highest BCUT2D eigenvalue weighted by Crippen LogP contribution is 2.23. The first-order chi connectivity index (χ1) is 12.0. The Morgan fingerprint density at radius 3 is 2.50 bits per heavy atom. The molecule has 0 aromatic carbocycles. The van der Waals surface area contributed by atoms with Crippen molar-refractivity contribution in [1.82, 2.24) is 25.0 Å². The van der Waals surface area contributed by atoms with Crippen LogP contribution < -0.4 is 10.6 Å². The second-order valence-corrected chi connectivity index (χ2v) is 6.41. The lowest BCUT2D eigenvalue weighted by atomic mass is 9.98. The molecule has 2 heterocycles. The normalized spacial score (nSPS) is 14.6. The van der Waals surface area contributed by atoms with Crippen LogP contribution in [-0.4, -0.2) is 57.7 Å². The summed E-state index contributed by atoms with van der Waals surface area (Å²) in [6.45, 7) is 7.29.